The van der Waals surface area contributed by atoms with Gasteiger partial charge in [-0.3, -0.25) is 9.48 Å². The number of carbonyl (C=O) groups is 1. The topological polar surface area (TPSA) is 97.2 Å². The molecule has 0 bridgehead atoms. The van der Waals surface area contributed by atoms with Gasteiger partial charge in [0.1, 0.15) is 0 Å². The minimum absolute atomic E-state index is 0.101. The van der Waals surface area contributed by atoms with Crippen LogP contribution in [-0.2, 0) is 17.1 Å². The third kappa shape index (κ3) is 4.12. The van der Waals surface area contributed by atoms with Crippen LogP contribution in [-0.4, -0.2) is 59.4 Å². The van der Waals surface area contributed by atoms with Crippen LogP contribution in [0.15, 0.2) is 23.6 Å². The Bertz CT molecular complexity index is 1180. The maximum Gasteiger partial charge on any atom is 0.255 e. The van der Waals surface area contributed by atoms with Crippen LogP contribution in [0.4, 0.5) is 0 Å². The number of fused-ring (bicyclic) bond motifs is 1. The Morgan fingerprint density at radius 2 is 2.17 bits per heavy atom. The van der Waals surface area contributed by atoms with E-state index in [4.69, 9.17) is 4.98 Å². The number of hydrogen-bond acceptors (Lipinski definition) is 6. The van der Waals surface area contributed by atoms with Crippen molar-refractivity contribution in [1.29, 1.82) is 0 Å². The molecular weight excluding hydrogens is 422 g/mol. The van der Waals surface area contributed by atoms with E-state index in [0.717, 1.165) is 47.2 Å². The first-order valence-electron chi connectivity index (χ1n) is 9.88. The fourth-order valence-electron chi connectivity index (χ4n) is 4.05. The smallest absolute Gasteiger partial charge is 0.255 e. The van der Waals surface area contributed by atoms with Crippen LogP contribution in [0.2, 0.25) is 0 Å². The molecule has 1 amide bonds. The van der Waals surface area contributed by atoms with Crippen molar-refractivity contribution >= 4 is 38.3 Å². The lowest BCUT2D eigenvalue weighted by Gasteiger charge is -2.36. The number of sulfonamides is 1. The largest absolute Gasteiger partial charge is 0.334 e. The molecule has 8 nitrogen and oxygen atoms in total. The number of aryl methyl sites for hydroxylation is 2. The van der Waals surface area contributed by atoms with Crippen LogP contribution in [0.5, 0.6) is 0 Å². The molecule has 1 atom stereocenters. The average molecular weight is 448 g/mol. The molecule has 3 aromatic rings. The Kier molecular flexibility index (Phi) is 5.65. The lowest BCUT2D eigenvalue weighted by molar-refractivity contribution is 0.0620. The van der Waals surface area contributed by atoms with E-state index in [0.29, 0.717) is 17.8 Å². The number of nitrogens with zero attached hydrogens (tertiary/aromatic N) is 4. The number of piperidine rings is 1. The summed E-state index contributed by atoms with van der Waals surface area (Å²) in [6, 6.07) is 5.61. The highest BCUT2D eigenvalue weighted by molar-refractivity contribution is 7.88. The van der Waals surface area contributed by atoms with E-state index in [1.165, 1.54) is 0 Å². The third-order valence-electron chi connectivity index (χ3n) is 5.44. The van der Waals surface area contributed by atoms with Gasteiger partial charge in [0.05, 0.1) is 33.5 Å². The molecule has 1 N–H and O–H groups in total. The summed E-state index contributed by atoms with van der Waals surface area (Å²) in [6.07, 6.45) is 3.78. The Labute approximate surface area is 180 Å². The minimum atomic E-state index is -3.32. The Morgan fingerprint density at radius 3 is 2.87 bits per heavy atom. The number of aromatic nitrogens is 3. The van der Waals surface area contributed by atoms with Crippen LogP contribution in [0.3, 0.4) is 0 Å². The Balaban J connectivity index is 1.77. The average Bonchev–Trinajstić information content (AvgIpc) is 3.34. The van der Waals surface area contributed by atoms with Gasteiger partial charge < -0.3 is 4.90 Å². The van der Waals surface area contributed by atoms with Crippen molar-refractivity contribution in [2.75, 3.05) is 19.3 Å². The second-order valence-electron chi connectivity index (χ2n) is 7.71. The summed E-state index contributed by atoms with van der Waals surface area (Å²) >= 11 is 1.57. The molecule has 1 aliphatic rings. The van der Waals surface area contributed by atoms with Gasteiger partial charge in [0.15, 0.2) is 5.65 Å². The molecule has 0 radical (unpaired) electrons. The molecule has 0 aliphatic carbocycles. The van der Waals surface area contributed by atoms with Gasteiger partial charge in [-0.15, -0.1) is 11.3 Å². The minimum Gasteiger partial charge on any atom is -0.334 e. The lowest BCUT2D eigenvalue weighted by atomic mass is 9.99. The number of amides is 1. The van der Waals surface area contributed by atoms with Crippen molar-refractivity contribution in [2.45, 2.75) is 32.2 Å². The van der Waals surface area contributed by atoms with E-state index in [9.17, 15) is 13.2 Å². The highest BCUT2D eigenvalue weighted by Gasteiger charge is 2.30. The highest BCUT2D eigenvalue weighted by Crippen LogP contribution is 2.31. The molecule has 4 heterocycles. The van der Waals surface area contributed by atoms with Crippen molar-refractivity contribution in [3.63, 3.8) is 0 Å². The van der Waals surface area contributed by atoms with Gasteiger partial charge in [-0.2, -0.15) is 5.10 Å². The van der Waals surface area contributed by atoms with Gasteiger partial charge in [0.25, 0.3) is 5.91 Å². The van der Waals surface area contributed by atoms with Gasteiger partial charge >= 0.3 is 0 Å². The summed E-state index contributed by atoms with van der Waals surface area (Å²) in [4.78, 5) is 21.3. The van der Waals surface area contributed by atoms with Crippen molar-refractivity contribution in [3.05, 3.63) is 34.8 Å². The van der Waals surface area contributed by atoms with E-state index in [-0.39, 0.29) is 18.5 Å². The molecule has 1 aliphatic heterocycles. The SMILES string of the molecule is Cc1nn(C)c2nc(-c3cccs3)cc(C(=O)N3CCCCC3CNS(C)(=O)=O)c12. The molecular formula is C20H25N5O3S2. The van der Waals surface area contributed by atoms with E-state index < -0.39 is 10.0 Å². The number of likely N-dealkylation sites (tertiary alicyclic amines) is 1. The molecule has 30 heavy (non-hydrogen) atoms. The molecule has 0 spiro atoms. The van der Waals surface area contributed by atoms with Crippen molar-refractivity contribution in [2.24, 2.45) is 7.05 Å². The van der Waals surface area contributed by atoms with Crippen LogP contribution in [0.1, 0.15) is 35.3 Å². The first-order chi connectivity index (χ1) is 14.2. The summed E-state index contributed by atoms with van der Waals surface area (Å²) in [5.74, 6) is -0.101. The summed E-state index contributed by atoms with van der Waals surface area (Å²) in [5, 5.41) is 7.22. The van der Waals surface area contributed by atoms with E-state index in [1.54, 1.807) is 20.9 Å². The Hall–Kier alpha value is -2.30. The molecule has 0 aromatic carbocycles. The first-order valence-corrected chi connectivity index (χ1v) is 12.7. The van der Waals surface area contributed by atoms with Crippen molar-refractivity contribution in [3.8, 4) is 10.6 Å². The lowest BCUT2D eigenvalue weighted by Crippen LogP contribution is -2.49. The molecule has 1 saturated heterocycles. The van der Waals surface area contributed by atoms with Crippen molar-refractivity contribution in [1.82, 2.24) is 24.4 Å². The molecule has 1 fully saturated rings. The van der Waals surface area contributed by atoms with E-state index >= 15 is 0 Å². The monoisotopic (exact) mass is 447 g/mol. The molecule has 160 valence electrons. The van der Waals surface area contributed by atoms with Gasteiger partial charge in [-0.05, 0) is 43.7 Å². The van der Waals surface area contributed by atoms with Crippen molar-refractivity contribution < 1.29 is 13.2 Å². The quantitative estimate of drug-likeness (QED) is 0.648. The van der Waals surface area contributed by atoms with Gasteiger partial charge in [-0.25, -0.2) is 18.1 Å². The zero-order valence-electron chi connectivity index (χ0n) is 17.3. The Morgan fingerprint density at radius 1 is 1.37 bits per heavy atom. The number of nitrogens with one attached hydrogen (secondary N) is 1. The van der Waals surface area contributed by atoms with Crippen LogP contribution in [0.25, 0.3) is 21.6 Å². The fourth-order valence-corrected chi connectivity index (χ4v) is 5.23. The predicted octanol–water partition coefficient (Wildman–Crippen LogP) is 2.55. The maximum absolute atomic E-state index is 13.7. The standard InChI is InChI=1S/C20H25N5O3S2/c1-13-18-15(11-16(17-8-6-10-29-17)22-19(18)24(2)23-13)20(26)25-9-5-4-7-14(25)12-21-30(3,27)28/h6,8,10-11,14,21H,4-5,7,9,12H2,1-3H3. The molecule has 4 rings (SSSR count). The van der Waals surface area contributed by atoms with Gasteiger partial charge in [0, 0.05) is 26.2 Å². The predicted molar refractivity (Wildman–Crippen MR) is 118 cm³/mol. The second-order valence-corrected chi connectivity index (χ2v) is 10.5. The zero-order valence-corrected chi connectivity index (χ0v) is 18.9. The van der Waals surface area contributed by atoms with Gasteiger partial charge in [0.2, 0.25) is 10.0 Å². The number of thiophene rings is 1. The molecule has 3 aromatic heterocycles. The van der Waals surface area contributed by atoms with Gasteiger partial charge in [-0.1, -0.05) is 6.07 Å². The molecule has 10 heteroatoms. The normalized spacial score (nSPS) is 17.6. The number of rotatable bonds is 5. The molecule has 1 unspecified atom stereocenters. The first kappa shape index (κ1) is 21.0. The second kappa shape index (κ2) is 8.09. The van der Waals surface area contributed by atoms with Crippen LogP contribution >= 0.6 is 11.3 Å². The summed E-state index contributed by atoms with van der Waals surface area (Å²) < 4.78 is 27.4. The third-order valence-corrected chi connectivity index (χ3v) is 7.03. The summed E-state index contributed by atoms with van der Waals surface area (Å²) in [6.45, 7) is 2.71. The van der Waals surface area contributed by atoms with E-state index in [2.05, 4.69) is 9.82 Å². The zero-order chi connectivity index (χ0) is 21.5. The van der Waals surface area contributed by atoms with Crippen LogP contribution in [0, 0.1) is 6.92 Å². The summed E-state index contributed by atoms with van der Waals surface area (Å²) in [5.41, 5.74) is 2.74. The highest BCUT2D eigenvalue weighted by atomic mass is 32.2. The number of carbonyl (C=O) groups excluding carboxylic acids is 1. The summed E-state index contributed by atoms with van der Waals surface area (Å²) in [7, 11) is -1.49. The fraction of sp³-hybridized carbons (Fsp3) is 0.450. The maximum atomic E-state index is 13.7. The van der Waals surface area contributed by atoms with Crippen LogP contribution < -0.4 is 4.72 Å². The number of hydrogen-bond donors (Lipinski definition) is 1. The van der Waals surface area contributed by atoms with E-state index in [1.807, 2.05) is 37.6 Å². The number of pyridine rings is 1. The molecule has 0 saturated carbocycles.